The lowest BCUT2D eigenvalue weighted by molar-refractivity contribution is 0.0933. The van der Waals surface area contributed by atoms with Crippen molar-refractivity contribution in [1.29, 1.82) is 0 Å². The molecular weight excluding hydrogens is 351 g/mol. The topological polar surface area (TPSA) is 55.1 Å². The van der Waals surface area contributed by atoms with Gasteiger partial charge in [0.15, 0.2) is 0 Å². The fourth-order valence-corrected chi connectivity index (χ4v) is 2.58. The van der Waals surface area contributed by atoms with Gasteiger partial charge in [0.25, 0.3) is 5.91 Å². The summed E-state index contributed by atoms with van der Waals surface area (Å²) >= 11 is 9.18. The van der Waals surface area contributed by atoms with Gasteiger partial charge in [-0.3, -0.25) is 4.79 Å². The standard InChI is InChI=1S/C13H18BrClN2O.ClH/c1-8(2)5-10(7-16)17-13(18)11-4-3-9(15)6-12(11)14;/h3-4,6,8,10H,5,7,16H2,1-2H3,(H,17,18);1H. The van der Waals surface area contributed by atoms with Crippen LogP contribution in [0.4, 0.5) is 0 Å². The van der Waals surface area contributed by atoms with E-state index >= 15 is 0 Å². The molecule has 3 N–H and O–H groups in total. The van der Waals surface area contributed by atoms with Crippen molar-refractivity contribution in [1.82, 2.24) is 5.32 Å². The molecule has 0 bridgehead atoms. The van der Waals surface area contributed by atoms with E-state index in [1.807, 2.05) is 0 Å². The van der Waals surface area contributed by atoms with E-state index in [1.54, 1.807) is 18.2 Å². The van der Waals surface area contributed by atoms with Crippen molar-refractivity contribution >= 4 is 45.8 Å². The molecule has 6 heteroatoms. The van der Waals surface area contributed by atoms with Crippen molar-refractivity contribution < 1.29 is 4.79 Å². The van der Waals surface area contributed by atoms with E-state index in [9.17, 15) is 4.79 Å². The maximum Gasteiger partial charge on any atom is 0.252 e. The second kappa shape index (κ2) is 8.80. The third-order valence-corrected chi connectivity index (χ3v) is 3.44. The zero-order chi connectivity index (χ0) is 13.7. The normalized spacial score (nSPS) is 11.9. The zero-order valence-corrected chi connectivity index (χ0v) is 14.1. The van der Waals surface area contributed by atoms with Crippen molar-refractivity contribution in [3.05, 3.63) is 33.3 Å². The maximum absolute atomic E-state index is 12.1. The van der Waals surface area contributed by atoms with Crippen LogP contribution in [-0.4, -0.2) is 18.5 Å². The molecule has 1 unspecified atom stereocenters. The molecule has 19 heavy (non-hydrogen) atoms. The molecule has 3 nitrogen and oxygen atoms in total. The van der Waals surface area contributed by atoms with E-state index in [1.165, 1.54) is 0 Å². The van der Waals surface area contributed by atoms with Gasteiger partial charge in [0.05, 0.1) is 5.56 Å². The first kappa shape index (κ1) is 18.7. The Labute approximate surface area is 133 Å². The van der Waals surface area contributed by atoms with Crippen LogP contribution in [0.1, 0.15) is 30.6 Å². The number of nitrogens with two attached hydrogens (primary N) is 1. The Hall–Kier alpha value is -0.290. The molecule has 108 valence electrons. The highest BCUT2D eigenvalue weighted by Crippen LogP contribution is 2.21. The molecule has 1 aromatic carbocycles. The van der Waals surface area contributed by atoms with E-state index in [4.69, 9.17) is 17.3 Å². The summed E-state index contributed by atoms with van der Waals surface area (Å²) in [5, 5.41) is 3.53. The van der Waals surface area contributed by atoms with Crippen LogP contribution in [-0.2, 0) is 0 Å². The highest BCUT2D eigenvalue weighted by atomic mass is 79.9. The first-order valence-corrected chi connectivity index (χ1v) is 7.07. The molecule has 0 spiro atoms. The Balaban J connectivity index is 0.00000324. The lowest BCUT2D eigenvalue weighted by Crippen LogP contribution is -2.41. The van der Waals surface area contributed by atoms with Gasteiger partial charge >= 0.3 is 0 Å². The van der Waals surface area contributed by atoms with E-state index < -0.39 is 0 Å². The van der Waals surface area contributed by atoms with E-state index in [0.717, 1.165) is 6.42 Å². The largest absolute Gasteiger partial charge is 0.348 e. The summed E-state index contributed by atoms with van der Waals surface area (Å²) in [4.78, 5) is 12.1. The van der Waals surface area contributed by atoms with Crippen LogP contribution in [0.2, 0.25) is 5.02 Å². The summed E-state index contributed by atoms with van der Waals surface area (Å²) in [6.45, 7) is 4.65. The Morgan fingerprint density at radius 3 is 2.58 bits per heavy atom. The minimum Gasteiger partial charge on any atom is -0.348 e. The number of carbonyl (C=O) groups is 1. The maximum atomic E-state index is 12.1. The van der Waals surface area contributed by atoms with Crippen LogP contribution in [0, 0.1) is 5.92 Å². The summed E-state index contributed by atoms with van der Waals surface area (Å²) in [6, 6.07) is 5.10. The molecule has 0 saturated carbocycles. The van der Waals surface area contributed by atoms with Crippen molar-refractivity contribution in [2.75, 3.05) is 6.54 Å². The molecule has 0 heterocycles. The minimum absolute atomic E-state index is 0. The highest BCUT2D eigenvalue weighted by Gasteiger charge is 2.15. The summed E-state index contributed by atoms with van der Waals surface area (Å²) < 4.78 is 0.688. The molecule has 0 aliphatic rings. The number of halogens is 3. The van der Waals surface area contributed by atoms with Crippen LogP contribution >= 0.6 is 39.9 Å². The van der Waals surface area contributed by atoms with Crippen LogP contribution in [0.25, 0.3) is 0 Å². The Morgan fingerprint density at radius 2 is 2.11 bits per heavy atom. The van der Waals surface area contributed by atoms with Gasteiger partial charge in [-0.05, 0) is 46.5 Å². The number of hydrogen-bond acceptors (Lipinski definition) is 2. The van der Waals surface area contributed by atoms with Gasteiger partial charge in [0, 0.05) is 22.1 Å². The molecule has 0 saturated heterocycles. The van der Waals surface area contributed by atoms with Crippen LogP contribution in [0.5, 0.6) is 0 Å². The molecular formula is C13H19BrCl2N2O. The Kier molecular flexibility index (Phi) is 8.66. The number of hydrogen-bond donors (Lipinski definition) is 2. The van der Waals surface area contributed by atoms with Crippen molar-refractivity contribution in [3.8, 4) is 0 Å². The first-order valence-electron chi connectivity index (χ1n) is 5.90. The summed E-state index contributed by atoms with van der Waals surface area (Å²) in [6.07, 6.45) is 0.869. The van der Waals surface area contributed by atoms with Gasteiger partial charge in [-0.2, -0.15) is 0 Å². The second-order valence-electron chi connectivity index (χ2n) is 4.66. The number of carbonyl (C=O) groups excluding carboxylic acids is 1. The quantitative estimate of drug-likeness (QED) is 0.832. The summed E-state index contributed by atoms with van der Waals surface area (Å²) in [5.74, 6) is 0.363. The van der Waals surface area contributed by atoms with Crippen LogP contribution in [0.3, 0.4) is 0 Å². The molecule has 1 atom stereocenters. The lowest BCUT2D eigenvalue weighted by atomic mass is 10.0. The van der Waals surface area contributed by atoms with Crippen molar-refractivity contribution in [2.24, 2.45) is 11.7 Å². The van der Waals surface area contributed by atoms with Crippen LogP contribution in [0.15, 0.2) is 22.7 Å². The lowest BCUT2D eigenvalue weighted by Gasteiger charge is -2.19. The number of benzene rings is 1. The molecule has 1 aromatic rings. The fraction of sp³-hybridized carbons (Fsp3) is 0.462. The molecule has 0 aliphatic carbocycles. The molecule has 0 fully saturated rings. The van der Waals surface area contributed by atoms with E-state index in [-0.39, 0.29) is 24.4 Å². The smallest absolute Gasteiger partial charge is 0.252 e. The molecule has 1 rings (SSSR count). The average molecular weight is 370 g/mol. The summed E-state index contributed by atoms with van der Waals surface area (Å²) in [7, 11) is 0. The van der Waals surface area contributed by atoms with Gasteiger partial charge in [-0.15, -0.1) is 12.4 Å². The number of nitrogens with one attached hydrogen (secondary N) is 1. The van der Waals surface area contributed by atoms with Crippen molar-refractivity contribution in [2.45, 2.75) is 26.3 Å². The van der Waals surface area contributed by atoms with E-state index in [2.05, 4.69) is 35.1 Å². The molecule has 0 aliphatic heterocycles. The third-order valence-electron chi connectivity index (χ3n) is 2.55. The monoisotopic (exact) mass is 368 g/mol. The molecule has 0 radical (unpaired) electrons. The first-order chi connectivity index (χ1) is 8.43. The fourth-order valence-electron chi connectivity index (χ4n) is 1.72. The molecule has 0 aromatic heterocycles. The number of rotatable bonds is 5. The molecule has 1 amide bonds. The van der Waals surface area contributed by atoms with E-state index in [0.29, 0.717) is 27.5 Å². The Bertz CT molecular complexity index is 427. The van der Waals surface area contributed by atoms with Gasteiger partial charge in [0.2, 0.25) is 0 Å². The third kappa shape index (κ3) is 6.13. The van der Waals surface area contributed by atoms with Gasteiger partial charge in [-0.1, -0.05) is 25.4 Å². The van der Waals surface area contributed by atoms with Gasteiger partial charge < -0.3 is 11.1 Å². The predicted octanol–water partition coefficient (Wildman–Crippen LogP) is 3.63. The number of amides is 1. The average Bonchev–Trinajstić information content (AvgIpc) is 2.27. The van der Waals surface area contributed by atoms with Crippen LogP contribution < -0.4 is 11.1 Å². The Morgan fingerprint density at radius 1 is 1.47 bits per heavy atom. The van der Waals surface area contributed by atoms with Gasteiger partial charge in [-0.25, -0.2) is 0 Å². The predicted molar refractivity (Wildman–Crippen MR) is 86.2 cm³/mol. The highest BCUT2D eigenvalue weighted by molar-refractivity contribution is 9.10. The van der Waals surface area contributed by atoms with Gasteiger partial charge in [0.1, 0.15) is 0 Å². The van der Waals surface area contributed by atoms with Crippen molar-refractivity contribution in [3.63, 3.8) is 0 Å². The second-order valence-corrected chi connectivity index (χ2v) is 5.95. The minimum atomic E-state index is -0.130. The zero-order valence-electron chi connectivity index (χ0n) is 11.0. The SMILES string of the molecule is CC(C)CC(CN)NC(=O)c1ccc(Cl)cc1Br.Cl. The summed E-state index contributed by atoms with van der Waals surface area (Å²) in [5.41, 5.74) is 6.23.